The number of esters is 1. The quantitative estimate of drug-likeness (QED) is 0.209. The predicted octanol–water partition coefficient (Wildman–Crippen LogP) is 5.60. The summed E-state index contributed by atoms with van der Waals surface area (Å²) in [7, 11) is 1.19. The molecule has 0 radical (unpaired) electrons. The summed E-state index contributed by atoms with van der Waals surface area (Å²) in [5, 5.41) is 15.4. The third-order valence-corrected chi connectivity index (χ3v) is 10.2. The SMILES string of the molecule is COC(=O)c1ccc([N+](=O)[O-])c(N2C[C@H]3[C@@H](C2=O)[C@H](c2cccc(Cl)c2F)[C@@]2(Cc4ccc(Cl)cc4NC2=O)N3CC2CC2)c1. The molecule has 3 aromatic rings. The Labute approximate surface area is 267 Å². The van der Waals surface area contributed by atoms with Crippen LogP contribution < -0.4 is 10.2 Å². The van der Waals surface area contributed by atoms with E-state index in [9.17, 15) is 24.5 Å². The number of fused-ring (bicyclic) bond motifs is 2. The first-order valence-electron chi connectivity index (χ1n) is 14.5. The average Bonchev–Trinajstić information content (AvgIpc) is 3.73. The summed E-state index contributed by atoms with van der Waals surface area (Å²) < 4.78 is 20.9. The van der Waals surface area contributed by atoms with E-state index in [1.165, 1.54) is 30.2 Å². The molecular weight excluding hydrogens is 626 g/mol. The number of anilines is 2. The third-order valence-electron chi connectivity index (χ3n) is 9.65. The minimum Gasteiger partial charge on any atom is -0.465 e. The van der Waals surface area contributed by atoms with Gasteiger partial charge in [-0.15, -0.1) is 0 Å². The van der Waals surface area contributed by atoms with Gasteiger partial charge in [-0.05, 0) is 60.2 Å². The van der Waals surface area contributed by atoms with E-state index in [2.05, 4.69) is 5.32 Å². The largest absolute Gasteiger partial charge is 0.465 e. The lowest BCUT2D eigenvalue weighted by molar-refractivity contribution is -0.384. The Morgan fingerprint density at radius 3 is 2.64 bits per heavy atom. The molecule has 1 saturated carbocycles. The summed E-state index contributed by atoms with van der Waals surface area (Å²) in [4.78, 5) is 56.3. The van der Waals surface area contributed by atoms with E-state index in [0.29, 0.717) is 17.3 Å². The van der Waals surface area contributed by atoms with E-state index >= 15 is 4.39 Å². The van der Waals surface area contributed by atoms with Gasteiger partial charge in [-0.3, -0.25) is 24.6 Å². The lowest BCUT2D eigenvalue weighted by Crippen LogP contribution is -2.62. The monoisotopic (exact) mass is 652 g/mol. The number of carbonyl (C=O) groups excluding carboxylic acids is 3. The minimum absolute atomic E-state index is 0.0110. The number of amides is 2. The van der Waals surface area contributed by atoms with E-state index in [-0.39, 0.29) is 52.3 Å². The Kier molecular flexibility index (Phi) is 7.10. The zero-order valence-electron chi connectivity index (χ0n) is 24.0. The number of rotatable bonds is 6. The molecule has 0 unspecified atom stereocenters. The van der Waals surface area contributed by atoms with Gasteiger partial charge in [0.2, 0.25) is 11.8 Å². The number of hydrogen-bond acceptors (Lipinski definition) is 7. The number of methoxy groups -OCH3 is 1. The van der Waals surface area contributed by atoms with Crippen LogP contribution in [-0.2, 0) is 20.7 Å². The maximum Gasteiger partial charge on any atom is 0.337 e. The molecule has 45 heavy (non-hydrogen) atoms. The van der Waals surface area contributed by atoms with Gasteiger partial charge in [-0.1, -0.05) is 41.4 Å². The topological polar surface area (TPSA) is 122 Å². The number of nitrogens with zero attached hydrogens (tertiary/aromatic N) is 3. The van der Waals surface area contributed by atoms with E-state index < -0.39 is 46.0 Å². The molecule has 0 aromatic heterocycles. The maximum absolute atomic E-state index is 16.1. The first kappa shape index (κ1) is 29.6. The van der Waals surface area contributed by atoms with E-state index in [1.54, 1.807) is 24.3 Å². The van der Waals surface area contributed by atoms with Gasteiger partial charge in [0.25, 0.3) is 5.69 Å². The summed E-state index contributed by atoms with van der Waals surface area (Å²) >= 11 is 12.5. The Morgan fingerprint density at radius 1 is 1.16 bits per heavy atom. The van der Waals surface area contributed by atoms with Crippen molar-refractivity contribution in [2.45, 2.75) is 36.8 Å². The predicted molar refractivity (Wildman–Crippen MR) is 164 cm³/mol. The zero-order valence-corrected chi connectivity index (χ0v) is 25.5. The number of hydrogen-bond donors (Lipinski definition) is 1. The van der Waals surface area contributed by atoms with E-state index in [0.717, 1.165) is 24.5 Å². The van der Waals surface area contributed by atoms with Gasteiger partial charge in [-0.2, -0.15) is 0 Å². The molecule has 2 saturated heterocycles. The van der Waals surface area contributed by atoms with Crippen LogP contribution in [0.4, 0.5) is 21.5 Å². The smallest absolute Gasteiger partial charge is 0.337 e. The molecule has 2 amide bonds. The first-order valence-corrected chi connectivity index (χ1v) is 15.3. The fourth-order valence-corrected chi connectivity index (χ4v) is 7.87. The molecule has 10 nitrogen and oxygen atoms in total. The van der Waals surface area contributed by atoms with Crippen LogP contribution in [0.1, 0.15) is 40.2 Å². The van der Waals surface area contributed by atoms with Crippen molar-refractivity contribution >= 4 is 58.0 Å². The van der Waals surface area contributed by atoms with Crippen molar-refractivity contribution in [1.29, 1.82) is 0 Å². The normalized spacial score (nSPS) is 25.7. The molecule has 3 fully saturated rings. The number of likely N-dealkylation sites (tertiary alicyclic amines) is 1. The minimum atomic E-state index is -1.37. The summed E-state index contributed by atoms with van der Waals surface area (Å²) in [6.07, 6.45) is 2.07. The molecule has 7 rings (SSSR count). The van der Waals surface area contributed by atoms with Crippen LogP contribution in [0.15, 0.2) is 54.6 Å². The Morgan fingerprint density at radius 2 is 1.93 bits per heavy atom. The summed E-state index contributed by atoms with van der Waals surface area (Å²) in [5.41, 5.74) is -0.309. The van der Waals surface area contributed by atoms with Crippen molar-refractivity contribution in [3.63, 3.8) is 0 Å². The number of halogens is 3. The van der Waals surface area contributed by atoms with Gasteiger partial charge >= 0.3 is 5.97 Å². The molecule has 13 heteroatoms. The van der Waals surface area contributed by atoms with Gasteiger partial charge in [0, 0.05) is 48.2 Å². The standard InChI is InChI=1S/C32H27Cl2FN4O6/c1-45-30(41)17-8-10-23(39(43)44)24(11-17)37-15-25-26(29(37)40)27(20-3-2-4-21(34)28(20)35)32(38(25)14-16-5-6-16)13-18-7-9-19(33)12-22(18)36-31(32)42/h2-4,7-12,16,25-27H,5-6,13-15H2,1H3,(H,36,42)/t25-,26+,27-,32+/m0/s1. The fraction of sp³-hybridized carbons (Fsp3) is 0.344. The second-order valence-electron chi connectivity index (χ2n) is 12.1. The second-order valence-corrected chi connectivity index (χ2v) is 12.9. The lowest BCUT2D eigenvalue weighted by Gasteiger charge is -2.46. The molecule has 3 aromatic carbocycles. The molecule has 1 spiro atoms. The van der Waals surface area contributed by atoms with Crippen molar-refractivity contribution < 1.29 is 28.4 Å². The van der Waals surface area contributed by atoms with Gasteiger partial charge in [0.1, 0.15) is 17.0 Å². The number of benzene rings is 3. The summed E-state index contributed by atoms with van der Waals surface area (Å²) in [5.74, 6) is -4.02. The molecule has 3 aliphatic heterocycles. The van der Waals surface area contributed by atoms with Crippen LogP contribution in [-0.4, -0.2) is 59.4 Å². The first-order chi connectivity index (χ1) is 21.5. The van der Waals surface area contributed by atoms with Gasteiger partial charge in [-0.25, -0.2) is 9.18 Å². The van der Waals surface area contributed by atoms with Crippen LogP contribution in [0.25, 0.3) is 0 Å². The Balaban J connectivity index is 1.42. The van der Waals surface area contributed by atoms with Crippen LogP contribution in [0.5, 0.6) is 0 Å². The highest BCUT2D eigenvalue weighted by Gasteiger charge is 2.69. The summed E-state index contributed by atoms with van der Waals surface area (Å²) in [6.45, 7) is 0.463. The highest BCUT2D eigenvalue weighted by molar-refractivity contribution is 6.31. The van der Waals surface area contributed by atoms with Crippen LogP contribution in [0.2, 0.25) is 10.0 Å². The lowest BCUT2D eigenvalue weighted by atomic mass is 9.69. The second kappa shape index (κ2) is 10.8. The number of nitro benzene ring substituents is 1. The molecule has 0 bridgehead atoms. The number of carbonyl (C=O) groups is 3. The fourth-order valence-electron chi connectivity index (χ4n) is 7.51. The van der Waals surface area contributed by atoms with Crippen molar-refractivity contribution in [3.05, 3.63) is 97.3 Å². The van der Waals surface area contributed by atoms with Crippen LogP contribution in [0.3, 0.4) is 0 Å². The molecule has 1 aliphatic carbocycles. The average molecular weight is 653 g/mol. The highest BCUT2D eigenvalue weighted by Crippen LogP contribution is 2.58. The van der Waals surface area contributed by atoms with E-state index in [1.807, 2.05) is 11.0 Å². The third kappa shape index (κ3) is 4.59. The molecule has 4 aliphatic rings. The van der Waals surface area contributed by atoms with Gasteiger partial charge in [0.05, 0.1) is 28.5 Å². The highest BCUT2D eigenvalue weighted by atomic mass is 35.5. The number of nitro groups is 1. The van der Waals surface area contributed by atoms with Gasteiger partial charge < -0.3 is 15.0 Å². The Hall–Kier alpha value is -4.06. The molecule has 1 N–H and O–H groups in total. The van der Waals surface area contributed by atoms with Crippen LogP contribution in [0, 0.1) is 27.8 Å². The molecule has 232 valence electrons. The molecule has 4 atom stereocenters. The molecular formula is C32H27Cl2FN4O6. The van der Waals surface area contributed by atoms with Crippen molar-refractivity contribution in [2.75, 3.05) is 30.4 Å². The van der Waals surface area contributed by atoms with Crippen LogP contribution >= 0.6 is 23.2 Å². The molecule has 3 heterocycles. The van der Waals surface area contributed by atoms with Crippen molar-refractivity contribution in [3.8, 4) is 0 Å². The number of ether oxygens (including phenoxy) is 1. The maximum atomic E-state index is 16.1. The van der Waals surface area contributed by atoms with Crippen molar-refractivity contribution in [1.82, 2.24) is 4.90 Å². The van der Waals surface area contributed by atoms with Crippen molar-refractivity contribution in [2.24, 2.45) is 11.8 Å². The zero-order chi connectivity index (χ0) is 31.8. The number of nitrogens with one attached hydrogen (secondary N) is 1. The Bertz CT molecular complexity index is 1800. The van der Waals surface area contributed by atoms with E-state index in [4.69, 9.17) is 27.9 Å². The van der Waals surface area contributed by atoms with Gasteiger partial charge in [0.15, 0.2) is 0 Å². The summed E-state index contributed by atoms with van der Waals surface area (Å²) in [6, 6.07) is 12.8.